The van der Waals surface area contributed by atoms with Crippen molar-refractivity contribution in [3.8, 4) is 0 Å². The lowest BCUT2D eigenvalue weighted by Crippen LogP contribution is -2.42. The molecule has 1 aliphatic rings. The maximum atomic E-state index is 11.8. The van der Waals surface area contributed by atoms with Gasteiger partial charge in [-0.05, 0) is 29.4 Å². The van der Waals surface area contributed by atoms with Gasteiger partial charge in [0.25, 0.3) is 0 Å². The lowest BCUT2D eigenvalue weighted by molar-refractivity contribution is -0.128. The third-order valence-corrected chi connectivity index (χ3v) is 4.14. The molecular weight excluding hydrogens is 236 g/mol. The van der Waals surface area contributed by atoms with E-state index in [1.54, 1.807) is 19.0 Å². The van der Waals surface area contributed by atoms with Gasteiger partial charge in [0.2, 0.25) is 5.91 Å². The van der Waals surface area contributed by atoms with E-state index in [1.165, 1.54) is 11.1 Å². The summed E-state index contributed by atoms with van der Waals surface area (Å²) in [5, 5.41) is 3.46. The lowest BCUT2D eigenvalue weighted by Gasteiger charge is -2.40. The molecule has 1 atom stereocenters. The number of carbonyl (C=O) groups excluding carboxylic acids is 1. The number of likely N-dealkylation sites (N-methyl/N-ethyl adjacent to an activating group) is 1. The van der Waals surface area contributed by atoms with E-state index in [4.69, 9.17) is 0 Å². The first-order valence-corrected chi connectivity index (χ1v) is 6.93. The van der Waals surface area contributed by atoms with Crippen molar-refractivity contribution in [2.24, 2.45) is 5.41 Å². The Morgan fingerprint density at radius 1 is 1.37 bits per heavy atom. The first-order chi connectivity index (χ1) is 8.92. The molecule has 1 aromatic carbocycles. The Balaban J connectivity index is 2.19. The molecule has 1 aliphatic carbocycles. The third-order valence-electron chi connectivity index (χ3n) is 4.14. The number of nitrogens with zero attached hydrogens (tertiary/aromatic N) is 1. The second-order valence-corrected chi connectivity index (χ2v) is 6.29. The average Bonchev–Trinajstić information content (AvgIpc) is 2.36. The zero-order chi connectivity index (χ0) is 14.0. The van der Waals surface area contributed by atoms with Crippen LogP contribution in [0.4, 0.5) is 0 Å². The van der Waals surface area contributed by atoms with Gasteiger partial charge in [0.1, 0.15) is 0 Å². The highest BCUT2D eigenvalue weighted by Gasteiger charge is 2.35. The highest BCUT2D eigenvalue weighted by atomic mass is 16.2. The molecule has 0 spiro atoms. The summed E-state index contributed by atoms with van der Waals surface area (Å²) in [4.78, 5) is 13.4. The predicted molar refractivity (Wildman–Crippen MR) is 78.0 cm³/mol. The monoisotopic (exact) mass is 260 g/mol. The van der Waals surface area contributed by atoms with E-state index >= 15 is 0 Å². The minimum absolute atomic E-state index is 0.124. The van der Waals surface area contributed by atoms with Crippen LogP contribution in [0.2, 0.25) is 0 Å². The van der Waals surface area contributed by atoms with Gasteiger partial charge in [0.15, 0.2) is 0 Å². The molecule has 1 unspecified atom stereocenters. The quantitative estimate of drug-likeness (QED) is 0.905. The van der Waals surface area contributed by atoms with Crippen LogP contribution in [0.1, 0.15) is 37.4 Å². The highest BCUT2D eigenvalue weighted by Crippen LogP contribution is 2.43. The molecule has 2 rings (SSSR count). The standard InChI is InChI=1S/C16H24N2O/c1-16(2)10-9-12-7-5-6-8-13(12)15(16)17-11-14(19)18(3)4/h5-8,15,17H,9-11H2,1-4H3. The Hall–Kier alpha value is -1.35. The van der Waals surface area contributed by atoms with E-state index in [0.717, 1.165) is 12.8 Å². The molecule has 0 radical (unpaired) electrons. The summed E-state index contributed by atoms with van der Waals surface area (Å²) in [7, 11) is 3.59. The summed E-state index contributed by atoms with van der Waals surface area (Å²) in [6.07, 6.45) is 2.28. The van der Waals surface area contributed by atoms with Crippen molar-refractivity contribution in [1.29, 1.82) is 0 Å². The lowest BCUT2D eigenvalue weighted by atomic mass is 9.70. The summed E-state index contributed by atoms with van der Waals surface area (Å²) in [6, 6.07) is 8.82. The topological polar surface area (TPSA) is 32.3 Å². The zero-order valence-electron chi connectivity index (χ0n) is 12.4. The van der Waals surface area contributed by atoms with Crippen LogP contribution in [-0.2, 0) is 11.2 Å². The Labute approximate surface area is 116 Å². The van der Waals surface area contributed by atoms with Crippen molar-refractivity contribution in [2.75, 3.05) is 20.6 Å². The molecular formula is C16H24N2O. The van der Waals surface area contributed by atoms with Crippen LogP contribution in [0.25, 0.3) is 0 Å². The number of rotatable bonds is 3. The summed E-state index contributed by atoms with van der Waals surface area (Å²) in [5.74, 6) is 0.124. The number of hydrogen-bond donors (Lipinski definition) is 1. The van der Waals surface area contributed by atoms with Gasteiger partial charge in [-0.25, -0.2) is 0 Å². The molecule has 19 heavy (non-hydrogen) atoms. The van der Waals surface area contributed by atoms with Crippen molar-refractivity contribution >= 4 is 5.91 Å². The number of fused-ring (bicyclic) bond motifs is 1. The maximum absolute atomic E-state index is 11.8. The Kier molecular flexibility index (Phi) is 3.95. The molecule has 0 saturated carbocycles. The second kappa shape index (κ2) is 5.33. The number of carbonyl (C=O) groups is 1. The van der Waals surface area contributed by atoms with E-state index in [2.05, 4.69) is 43.4 Å². The largest absolute Gasteiger partial charge is 0.348 e. The van der Waals surface area contributed by atoms with E-state index < -0.39 is 0 Å². The van der Waals surface area contributed by atoms with Gasteiger partial charge >= 0.3 is 0 Å². The fraction of sp³-hybridized carbons (Fsp3) is 0.562. The van der Waals surface area contributed by atoms with Crippen molar-refractivity contribution in [3.63, 3.8) is 0 Å². The van der Waals surface area contributed by atoms with Gasteiger partial charge in [-0.15, -0.1) is 0 Å². The Bertz CT molecular complexity index is 466. The summed E-state index contributed by atoms with van der Waals surface area (Å²) >= 11 is 0. The van der Waals surface area contributed by atoms with Crippen LogP contribution in [0.15, 0.2) is 24.3 Å². The van der Waals surface area contributed by atoms with Crippen LogP contribution in [0.3, 0.4) is 0 Å². The van der Waals surface area contributed by atoms with E-state index in [0.29, 0.717) is 6.54 Å². The van der Waals surface area contributed by atoms with E-state index in [9.17, 15) is 4.79 Å². The summed E-state index contributed by atoms with van der Waals surface area (Å²) in [6.45, 7) is 4.96. The normalized spacial score (nSPS) is 20.7. The van der Waals surface area contributed by atoms with Gasteiger partial charge in [0.05, 0.1) is 6.54 Å². The maximum Gasteiger partial charge on any atom is 0.236 e. The van der Waals surface area contributed by atoms with Gasteiger partial charge < -0.3 is 10.2 Å². The second-order valence-electron chi connectivity index (χ2n) is 6.29. The molecule has 1 N–H and O–H groups in total. The van der Waals surface area contributed by atoms with Crippen molar-refractivity contribution < 1.29 is 4.79 Å². The van der Waals surface area contributed by atoms with Crippen LogP contribution in [-0.4, -0.2) is 31.4 Å². The molecule has 1 aromatic rings. The number of benzene rings is 1. The van der Waals surface area contributed by atoms with E-state index in [-0.39, 0.29) is 17.4 Å². The number of amides is 1. The van der Waals surface area contributed by atoms with Crippen molar-refractivity contribution in [3.05, 3.63) is 35.4 Å². The Morgan fingerprint density at radius 3 is 2.74 bits per heavy atom. The molecule has 104 valence electrons. The number of aryl methyl sites for hydroxylation is 1. The molecule has 0 heterocycles. The minimum atomic E-state index is 0.124. The highest BCUT2D eigenvalue weighted by molar-refractivity contribution is 5.77. The zero-order valence-corrected chi connectivity index (χ0v) is 12.4. The SMILES string of the molecule is CN(C)C(=O)CNC1c2ccccc2CCC1(C)C. The predicted octanol–water partition coefficient (Wildman–Crippen LogP) is 2.38. The smallest absolute Gasteiger partial charge is 0.236 e. The molecule has 0 aliphatic heterocycles. The summed E-state index contributed by atoms with van der Waals surface area (Å²) < 4.78 is 0. The molecule has 0 aromatic heterocycles. The van der Waals surface area contributed by atoms with Gasteiger partial charge in [-0.1, -0.05) is 38.1 Å². The first kappa shape index (κ1) is 14.1. The van der Waals surface area contributed by atoms with Crippen LogP contribution < -0.4 is 5.32 Å². The Morgan fingerprint density at radius 2 is 2.05 bits per heavy atom. The summed E-state index contributed by atoms with van der Waals surface area (Å²) in [5.41, 5.74) is 2.95. The molecule has 0 fully saturated rings. The molecule has 1 amide bonds. The first-order valence-electron chi connectivity index (χ1n) is 6.93. The fourth-order valence-corrected chi connectivity index (χ4v) is 2.80. The van der Waals surface area contributed by atoms with E-state index in [1.807, 2.05) is 0 Å². The van der Waals surface area contributed by atoms with Gasteiger partial charge in [-0.2, -0.15) is 0 Å². The molecule has 3 nitrogen and oxygen atoms in total. The molecule has 0 bridgehead atoms. The van der Waals surface area contributed by atoms with Gasteiger partial charge in [0, 0.05) is 20.1 Å². The fourth-order valence-electron chi connectivity index (χ4n) is 2.80. The average molecular weight is 260 g/mol. The van der Waals surface area contributed by atoms with Crippen LogP contribution >= 0.6 is 0 Å². The van der Waals surface area contributed by atoms with Crippen molar-refractivity contribution in [2.45, 2.75) is 32.7 Å². The number of nitrogens with one attached hydrogen (secondary N) is 1. The van der Waals surface area contributed by atoms with Crippen LogP contribution in [0, 0.1) is 5.41 Å². The molecule has 3 heteroatoms. The van der Waals surface area contributed by atoms with Crippen molar-refractivity contribution in [1.82, 2.24) is 10.2 Å². The minimum Gasteiger partial charge on any atom is -0.348 e. The van der Waals surface area contributed by atoms with Gasteiger partial charge in [-0.3, -0.25) is 4.79 Å². The van der Waals surface area contributed by atoms with Crippen LogP contribution in [0.5, 0.6) is 0 Å². The number of hydrogen-bond acceptors (Lipinski definition) is 2. The molecule has 0 saturated heterocycles. The third kappa shape index (κ3) is 2.98.